The molecule has 0 atom stereocenters. The molecule has 0 bridgehead atoms. The molecule has 15 heavy (non-hydrogen) atoms. The minimum Gasteiger partial charge on any atom is -0.481 e. The van der Waals surface area contributed by atoms with E-state index >= 15 is 0 Å². The number of carboxylic acids is 1. The van der Waals surface area contributed by atoms with Gasteiger partial charge in [-0.05, 0) is 12.1 Å². The molecule has 0 amide bonds. The van der Waals surface area contributed by atoms with E-state index in [1.807, 2.05) is 0 Å². The van der Waals surface area contributed by atoms with E-state index in [-0.39, 0.29) is 0 Å². The maximum absolute atomic E-state index is 12.9. The molecule has 1 rings (SSSR count). The average Bonchev–Trinajstić information content (AvgIpc) is 2.10. The van der Waals surface area contributed by atoms with Gasteiger partial charge in [0, 0.05) is 0 Å². The summed E-state index contributed by atoms with van der Waals surface area (Å²) in [6.07, 6.45) is -0.951. The molecule has 0 aliphatic rings. The number of carbonyl (C=O) groups is 2. The first-order valence-electron chi connectivity index (χ1n) is 3.87. The van der Waals surface area contributed by atoms with E-state index in [1.165, 1.54) is 0 Å². The third-order valence-corrected chi connectivity index (χ3v) is 1.43. The Kier molecular flexibility index (Phi) is 3.33. The highest BCUT2D eigenvalue weighted by atomic mass is 19.1. The van der Waals surface area contributed by atoms with Crippen molar-refractivity contribution in [3.8, 4) is 5.75 Å². The Morgan fingerprint density at radius 1 is 1.27 bits per heavy atom. The first kappa shape index (κ1) is 11.1. The number of halogens is 2. The summed E-state index contributed by atoms with van der Waals surface area (Å²) in [5, 5.41) is 8.21. The zero-order valence-electron chi connectivity index (χ0n) is 7.37. The molecule has 1 N–H and O–H groups in total. The summed E-state index contributed by atoms with van der Waals surface area (Å²) in [6, 6.07) is 2.89. The number of carboxylic acid groups (broad SMARTS) is 1. The first-order chi connectivity index (χ1) is 7.00. The van der Waals surface area contributed by atoms with Crippen molar-refractivity contribution in [1.29, 1.82) is 0 Å². The molecule has 0 saturated heterocycles. The Bertz CT molecular complexity index is 383. The fraction of sp³-hybridized carbons (Fsp3) is 0.111. The van der Waals surface area contributed by atoms with E-state index in [9.17, 15) is 18.4 Å². The Hall–Kier alpha value is -1.98. The zero-order chi connectivity index (χ0) is 11.4. The van der Waals surface area contributed by atoms with E-state index in [0.717, 1.165) is 18.2 Å². The van der Waals surface area contributed by atoms with Crippen LogP contribution in [0.1, 0.15) is 6.42 Å². The smallest absolute Gasteiger partial charge is 0.322 e. The molecule has 0 aliphatic heterocycles. The number of hydrogen-bond donors (Lipinski definition) is 1. The van der Waals surface area contributed by atoms with Gasteiger partial charge in [-0.15, -0.1) is 0 Å². The van der Waals surface area contributed by atoms with Crippen LogP contribution in [0, 0.1) is 11.6 Å². The fourth-order valence-electron chi connectivity index (χ4n) is 0.853. The van der Waals surface area contributed by atoms with Gasteiger partial charge in [-0.3, -0.25) is 9.59 Å². The van der Waals surface area contributed by atoms with Gasteiger partial charge in [-0.2, -0.15) is 0 Å². The van der Waals surface area contributed by atoms with Crippen LogP contribution in [0.2, 0.25) is 0 Å². The second kappa shape index (κ2) is 4.50. The minimum atomic E-state index is -1.43. The van der Waals surface area contributed by atoms with E-state index in [4.69, 9.17) is 5.11 Å². The molecule has 0 saturated carbocycles. The number of carbonyl (C=O) groups excluding carboxylic acids is 1. The van der Waals surface area contributed by atoms with Gasteiger partial charge in [-0.25, -0.2) is 8.78 Å². The van der Waals surface area contributed by atoms with Crippen molar-refractivity contribution in [3.05, 3.63) is 29.8 Å². The van der Waals surface area contributed by atoms with Gasteiger partial charge in [0.15, 0.2) is 11.6 Å². The predicted molar refractivity (Wildman–Crippen MR) is 44.2 cm³/mol. The highest BCUT2D eigenvalue weighted by molar-refractivity contribution is 5.91. The van der Waals surface area contributed by atoms with Gasteiger partial charge < -0.3 is 9.84 Å². The van der Waals surface area contributed by atoms with Crippen LogP contribution in [0.3, 0.4) is 0 Å². The molecule has 0 radical (unpaired) electrons. The van der Waals surface area contributed by atoms with E-state index in [1.54, 1.807) is 0 Å². The molecule has 0 spiro atoms. The van der Waals surface area contributed by atoms with Crippen molar-refractivity contribution in [1.82, 2.24) is 0 Å². The van der Waals surface area contributed by atoms with Crippen LogP contribution < -0.4 is 4.74 Å². The Morgan fingerprint density at radius 2 is 1.80 bits per heavy atom. The van der Waals surface area contributed by atoms with Crippen LogP contribution in [-0.4, -0.2) is 17.0 Å². The van der Waals surface area contributed by atoms with Crippen molar-refractivity contribution in [3.63, 3.8) is 0 Å². The molecular formula is C9H6F2O4. The summed E-state index contributed by atoms with van der Waals surface area (Å²) < 4.78 is 30.0. The number of benzene rings is 1. The molecule has 0 unspecified atom stereocenters. The SMILES string of the molecule is O=C(O)CC(=O)Oc1c(F)cccc1F. The predicted octanol–water partition coefficient (Wildman–Crippen LogP) is 1.34. The summed E-state index contributed by atoms with van der Waals surface area (Å²) in [5.74, 6) is -5.67. The van der Waals surface area contributed by atoms with Gasteiger partial charge in [0.1, 0.15) is 6.42 Å². The molecule has 1 aromatic carbocycles. The van der Waals surface area contributed by atoms with Crippen LogP contribution in [0.5, 0.6) is 5.75 Å². The lowest BCUT2D eigenvalue weighted by atomic mass is 10.3. The lowest BCUT2D eigenvalue weighted by molar-refractivity contribution is -0.145. The van der Waals surface area contributed by atoms with Gasteiger partial charge in [0.2, 0.25) is 5.75 Å². The second-order valence-electron chi connectivity index (χ2n) is 2.60. The molecule has 1 aromatic rings. The van der Waals surface area contributed by atoms with E-state index in [0.29, 0.717) is 0 Å². The Morgan fingerprint density at radius 3 is 2.27 bits per heavy atom. The summed E-state index contributed by atoms with van der Waals surface area (Å²) in [4.78, 5) is 20.9. The normalized spacial score (nSPS) is 9.73. The van der Waals surface area contributed by atoms with Crippen molar-refractivity contribution < 1.29 is 28.2 Å². The number of hydrogen-bond acceptors (Lipinski definition) is 3. The number of esters is 1. The molecule has 0 fully saturated rings. The maximum atomic E-state index is 12.9. The molecule has 4 nitrogen and oxygen atoms in total. The molecular weight excluding hydrogens is 210 g/mol. The molecule has 6 heteroatoms. The molecule has 0 aliphatic carbocycles. The average molecular weight is 216 g/mol. The van der Waals surface area contributed by atoms with Crippen LogP contribution in [0.25, 0.3) is 0 Å². The molecule has 80 valence electrons. The van der Waals surface area contributed by atoms with E-state index in [2.05, 4.69) is 4.74 Å². The minimum absolute atomic E-state index is 0.885. The Balaban J connectivity index is 2.80. The Labute approximate surface area is 83.1 Å². The quantitative estimate of drug-likeness (QED) is 0.470. The number of aliphatic carboxylic acids is 1. The van der Waals surface area contributed by atoms with E-state index < -0.39 is 35.7 Å². The number of ether oxygens (including phenoxy) is 1. The van der Waals surface area contributed by atoms with Crippen molar-refractivity contribution in [2.24, 2.45) is 0 Å². The molecule has 0 aromatic heterocycles. The fourth-order valence-corrected chi connectivity index (χ4v) is 0.853. The third-order valence-electron chi connectivity index (χ3n) is 1.43. The van der Waals surface area contributed by atoms with Crippen LogP contribution in [0.15, 0.2) is 18.2 Å². The second-order valence-corrected chi connectivity index (χ2v) is 2.60. The van der Waals surface area contributed by atoms with Crippen LogP contribution >= 0.6 is 0 Å². The summed E-state index contributed by atoms with van der Waals surface area (Å²) in [6.45, 7) is 0. The summed E-state index contributed by atoms with van der Waals surface area (Å²) in [7, 11) is 0. The van der Waals surface area contributed by atoms with Crippen molar-refractivity contribution in [2.45, 2.75) is 6.42 Å². The van der Waals surface area contributed by atoms with Crippen LogP contribution in [0.4, 0.5) is 8.78 Å². The lowest BCUT2D eigenvalue weighted by Crippen LogP contribution is -2.14. The van der Waals surface area contributed by atoms with Crippen molar-refractivity contribution in [2.75, 3.05) is 0 Å². The first-order valence-corrected chi connectivity index (χ1v) is 3.87. The van der Waals surface area contributed by atoms with Crippen molar-refractivity contribution >= 4 is 11.9 Å². The lowest BCUT2D eigenvalue weighted by Gasteiger charge is -2.04. The number of para-hydroxylation sites is 1. The van der Waals surface area contributed by atoms with Gasteiger partial charge >= 0.3 is 11.9 Å². The molecule has 0 heterocycles. The monoisotopic (exact) mass is 216 g/mol. The highest BCUT2D eigenvalue weighted by Crippen LogP contribution is 2.21. The largest absolute Gasteiger partial charge is 0.481 e. The number of rotatable bonds is 3. The summed E-state index contributed by atoms with van der Waals surface area (Å²) in [5.41, 5.74) is 0. The maximum Gasteiger partial charge on any atom is 0.322 e. The van der Waals surface area contributed by atoms with Crippen LogP contribution in [-0.2, 0) is 9.59 Å². The van der Waals surface area contributed by atoms with Gasteiger partial charge in [0.25, 0.3) is 0 Å². The standard InChI is InChI=1S/C9H6F2O4/c10-5-2-1-3-6(11)9(5)15-8(14)4-7(12)13/h1-3H,4H2,(H,12,13). The van der Waals surface area contributed by atoms with Gasteiger partial charge in [0.05, 0.1) is 0 Å². The zero-order valence-corrected chi connectivity index (χ0v) is 7.37. The third kappa shape index (κ3) is 3.01. The topological polar surface area (TPSA) is 63.6 Å². The summed E-state index contributed by atoms with van der Waals surface area (Å²) >= 11 is 0. The highest BCUT2D eigenvalue weighted by Gasteiger charge is 2.16. The van der Waals surface area contributed by atoms with Gasteiger partial charge in [-0.1, -0.05) is 6.07 Å².